The van der Waals surface area contributed by atoms with Gasteiger partial charge in [0, 0.05) is 11.6 Å². The summed E-state index contributed by atoms with van der Waals surface area (Å²) in [6.45, 7) is 0. The lowest BCUT2D eigenvalue weighted by Crippen LogP contribution is -2.35. The first-order valence-corrected chi connectivity index (χ1v) is 6.64. The zero-order chi connectivity index (χ0) is 13.9. The van der Waals surface area contributed by atoms with Crippen LogP contribution in [-0.2, 0) is 12.8 Å². The van der Waals surface area contributed by atoms with E-state index in [1.165, 1.54) is 11.1 Å². The summed E-state index contributed by atoms with van der Waals surface area (Å²) in [5.41, 5.74) is 3.80. The SMILES string of the molecule is N#Cc1ccc(C(=O)NC2Cc3ccccc3C2)cc1. The van der Waals surface area contributed by atoms with Gasteiger partial charge in [-0.05, 0) is 48.2 Å². The third-order valence-electron chi connectivity index (χ3n) is 3.66. The molecule has 0 spiro atoms. The van der Waals surface area contributed by atoms with Crippen LogP contribution in [0.2, 0.25) is 0 Å². The van der Waals surface area contributed by atoms with E-state index in [9.17, 15) is 4.79 Å². The number of carbonyl (C=O) groups excluding carboxylic acids is 1. The first kappa shape index (κ1) is 12.4. The molecule has 2 aromatic carbocycles. The molecule has 98 valence electrons. The van der Waals surface area contributed by atoms with Gasteiger partial charge in [0.15, 0.2) is 0 Å². The van der Waals surface area contributed by atoms with Crippen molar-refractivity contribution >= 4 is 5.91 Å². The predicted octanol–water partition coefficient (Wildman–Crippen LogP) is 2.46. The van der Waals surface area contributed by atoms with Gasteiger partial charge in [-0.1, -0.05) is 24.3 Å². The van der Waals surface area contributed by atoms with Gasteiger partial charge in [0.2, 0.25) is 0 Å². The number of benzene rings is 2. The minimum Gasteiger partial charge on any atom is -0.349 e. The highest BCUT2D eigenvalue weighted by atomic mass is 16.1. The quantitative estimate of drug-likeness (QED) is 0.903. The van der Waals surface area contributed by atoms with Crippen LogP contribution < -0.4 is 5.32 Å². The molecule has 0 saturated heterocycles. The second-order valence-corrected chi connectivity index (χ2v) is 5.04. The molecule has 3 nitrogen and oxygen atoms in total. The van der Waals surface area contributed by atoms with E-state index >= 15 is 0 Å². The van der Waals surface area contributed by atoms with Crippen molar-refractivity contribution in [3.8, 4) is 6.07 Å². The lowest BCUT2D eigenvalue weighted by molar-refractivity contribution is 0.0938. The van der Waals surface area contributed by atoms with Gasteiger partial charge in [0.25, 0.3) is 5.91 Å². The molecule has 1 aliphatic carbocycles. The van der Waals surface area contributed by atoms with Gasteiger partial charge in [-0.3, -0.25) is 4.79 Å². The molecule has 1 aliphatic rings. The molecule has 0 fully saturated rings. The van der Waals surface area contributed by atoms with Crippen LogP contribution in [0.5, 0.6) is 0 Å². The maximum Gasteiger partial charge on any atom is 0.251 e. The molecular formula is C17H14N2O. The first-order chi connectivity index (χ1) is 9.76. The average Bonchev–Trinajstić information content (AvgIpc) is 2.89. The minimum atomic E-state index is -0.0766. The number of amides is 1. The molecule has 0 atom stereocenters. The number of hydrogen-bond donors (Lipinski definition) is 1. The highest BCUT2D eigenvalue weighted by Gasteiger charge is 2.22. The van der Waals surface area contributed by atoms with E-state index in [0.717, 1.165) is 12.8 Å². The molecule has 1 amide bonds. The van der Waals surface area contributed by atoms with Gasteiger partial charge in [-0.25, -0.2) is 0 Å². The Bertz CT molecular complexity index is 658. The van der Waals surface area contributed by atoms with Crippen LogP contribution in [0.15, 0.2) is 48.5 Å². The zero-order valence-corrected chi connectivity index (χ0v) is 11.0. The third kappa shape index (κ3) is 2.41. The monoisotopic (exact) mass is 262 g/mol. The van der Waals surface area contributed by atoms with Gasteiger partial charge in [-0.15, -0.1) is 0 Å². The number of fused-ring (bicyclic) bond motifs is 1. The Morgan fingerprint density at radius 2 is 1.65 bits per heavy atom. The molecule has 0 unspecified atom stereocenters. The van der Waals surface area contributed by atoms with E-state index in [4.69, 9.17) is 5.26 Å². The number of nitrogens with zero attached hydrogens (tertiary/aromatic N) is 1. The van der Waals surface area contributed by atoms with Gasteiger partial charge in [-0.2, -0.15) is 5.26 Å². The Morgan fingerprint density at radius 3 is 2.20 bits per heavy atom. The van der Waals surface area contributed by atoms with Crippen molar-refractivity contribution < 1.29 is 4.79 Å². The van der Waals surface area contributed by atoms with E-state index in [0.29, 0.717) is 11.1 Å². The summed E-state index contributed by atoms with van der Waals surface area (Å²) in [5.74, 6) is -0.0766. The van der Waals surface area contributed by atoms with Gasteiger partial charge in [0.1, 0.15) is 0 Å². The Kier molecular flexibility index (Phi) is 3.22. The summed E-state index contributed by atoms with van der Waals surface area (Å²) in [4.78, 5) is 12.2. The zero-order valence-electron chi connectivity index (χ0n) is 11.0. The summed E-state index contributed by atoms with van der Waals surface area (Å²) in [6.07, 6.45) is 1.77. The van der Waals surface area contributed by atoms with Gasteiger partial charge in [0.05, 0.1) is 11.6 Å². The molecule has 3 heteroatoms. The maximum absolute atomic E-state index is 12.2. The molecule has 1 N–H and O–H groups in total. The molecular weight excluding hydrogens is 248 g/mol. The van der Waals surface area contributed by atoms with E-state index in [1.54, 1.807) is 24.3 Å². The fourth-order valence-corrected chi connectivity index (χ4v) is 2.63. The normalized spacial score (nSPS) is 13.6. The number of nitriles is 1. The molecule has 20 heavy (non-hydrogen) atoms. The molecule has 0 aliphatic heterocycles. The smallest absolute Gasteiger partial charge is 0.251 e. The Hall–Kier alpha value is -2.60. The van der Waals surface area contributed by atoms with Crippen LogP contribution in [0.25, 0.3) is 0 Å². The van der Waals surface area contributed by atoms with E-state index in [2.05, 4.69) is 17.4 Å². The highest BCUT2D eigenvalue weighted by Crippen LogP contribution is 2.21. The van der Waals surface area contributed by atoms with Crippen molar-refractivity contribution in [2.24, 2.45) is 0 Å². The molecule has 0 heterocycles. The van der Waals surface area contributed by atoms with Crippen LogP contribution in [0.1, 0.15) is 27.0 Å². The van der Waals surface area contributed by atoms with Crippen molar-refractivity contribution in [3.05, 3.63) is 70.8 Å². The number of rotatable bonds is 2. The highest BCUT2D eigenvalue weighted by molar-refractivity contribution is 5.94. The standard InChI is InChI=1S/C17H14N2O/c18-11-12-5-7-13(8-6-12)17(20)19-16-9-14-3-1-2-4-15(14)10-16/h1-8,16H,9-10H2,(H,19,20). The van der Waals surface area contributed by atoms with Crippen LogP contribution in [0, 0.1) is 11.3 Å². The molecule has 0 aromatic heterocycles. The van der Waals surface area contributed by atoms with Crippen molar-refractivity contribution in [1.29, 1.82) is 5.26 Å². The topological polar surface area (TPSA) is 52.9 Å². The lowest BCUT2D eigenvalue weighted by atomic mass is 10.1. The number of carbonyl (C=O) groups is 1. The van der Waals surface area contributed by atoms with Gasteiger partial charge >= 0.3 is 0 Å². The number of nitrogens with one attached hydrogen (secondary N) is 1. The minimum absolute atomic E-state index is 0.0766. The summed E-state index contributed by atoms with van der Waals surface area (Å²) in [7, 11) is 0. The molecule has 0 saturated carbocycles. The van der Waals surface area contributed by atoms with Crippen molar-refractivity contribution in [3.63, 3.8) is 0 Å². The van der Waals surface area contributed by atoms with Crippen molar-refractivity contribution in [2.75, 3.05) is 0 Å². The summed E-state index contributed by atoms with van der Waals surface area (Å²) >= 11 is 0. The maximum atomic E-state index is 12.2. The molecule has 3 rings (SSSR count). The second kappa shape index (κ2) is 5.18. The predicted molar refractivity (Wildman–Crippen MR) is 76.3 cm³/mol. The Labute approximate surface area is 117 Å². The largest absolute Gasteiger partial charge is 0.349 e. The molecule has 2 aromatic rings. The lowest BCUT2D eigenvalue weighted by Gasteiger charge is -2.12. The Morgan fingerprint density at radius 1 is 1.05 bits per heavy atom. The van der Waals surface area contributed by atoms with Crippen molar-refractivity contribution in [1.82, 2.24) is 5.32 Å². The summed E-state index contributed by atoms with van der Waals surface area (Å²) in [6, 6.07) is 17.2. The van der Waals surface area contributed by atoms with Crippen molar-refractivity contribution in [2.45, 2.75) is 18.9 Å². The Balaban J connectivity index is 1.67. The fraction of sp³-hybridized carbons (Fsp3) is 0.176. The second-order valence-electron chi connectivity index (χ2n) is 5.04. The van der Waals surface area contributed by atoms with Crippen LogP contribution >= 0.6 is 0 Å². The van der Waals surface area contributed by atoms with Crippen LogP contribution in [0.3, 0.4) is 0 Å². The average molecular weight is 262 g/mol. The number of hydrogen-bond acceptors (Lipinski definition) is 2. The van der Waals surface area contributed by atoms with E-state index in [1.807, 2.05) is 18.2 Å². The first-order valence-electron chi connectivity index (χ1n) is 6.64. The third-order valence-corrected chi connectivity index (χ3v) is 3.66. The molecule has 0 radical (unpaired) electrons. The van der Waals surface area contributed by atoms with E-state index < -0.39 is 0 Å². The van der Waals surface area contributed by atoms with E-state index in [-0.39, 0.29) is 11.9 Å². The fourth-order valence-electron chi connectivity index (χ4n) is 2.63. The summed E-state index contributed by atoms with van der Waals surface area (Å²) in [5, 5.41) is 11.8. The van der Waals surface area contributed by atoms with Gasteiger partial charge < -0.3 is 5.32 Å². The van der Waals surface area contributed by atoms with Crippen LogP contribution in [0.4, 0.5) is 0 Å². The van der Waals surface area contributed by atoms with Crippen LogP contribution in [-0.4, -0.2) is 11.9 Å². The summed E-state index contributed by atoms with van der Waals surface area (Å²) < 4.78 is 0. The molecule has 0 bridgehead atoms.